The van der Waals surface area contributed by atoms with Gasteiger partial charge in [0.15, 0.2) is 0 Å². The third kappa shape index (κ3) is 3.80. The van der Waals surface area contributed by atoms with Gasteiger partial charge in [-0.1, -0.05) is 12.1 Å². The molecular weight excluding hydrogens is 214 g/mol. The van der Waals surface area contributed by atoms with Crippen molar-refractivity contribution in [3.63, 3.8) is 0 Å². The van der Waals surface area contributed by atoms with Crippen LogP contribution in [0.3, 0.4) is 0 Å². The summed E-state index contributed by atoms with van der Waals surface area (Å²) in [4.78, 5) is 11.4. The van der Waals surface area contributed by atoms with Crippen molar-refractivity contribution in [2.24, 2.45) is 0 Å². The summed E-state index contributed by atoms with van der Waals surface area (Å²) in [6.45, 7) is 0.300. The van der Waals surface area contributed by atoms with Crippen molar-refractivity contribution < 1.29 is 4.79 Å². The topological polar surface area (TPSA) is 64.9 Å². The van der Waals surface area contributed by atoms with Gasteiger partial charge in [-0.2, -0.15) is 5.26 Å². The number of hydrogen-bond donors (Lipinski definition) is 2. The number of benzene rings is 1. The van der Waals surface area contributed by atoms with E-state index >= 15 is 0 Å². The highest BCUT2D eigenvalue weighted by Crippen LogP contribution is 2.18. The zero-order valence-corrected chi connectivity index (χ0v) is 9.57. The summed E-state index contributed by atoms with van der Waals surface area (Å²) in [6.07, 6.45) is 2.63. The summed E-state index contributed by atoms with van der Waals surface area (Å²) in [5, 5.41) is 14.5. The van der Waals surface area contributed by atoms with Crippen LogP contribution in [0.5, 0.6) is 0 Å². The molecule has 0 aliphatic heterocycles. The average molecular weight is 229 g/mol. The lowest BCUT2D eigenvalue weighted by Gasteiger charge is -2.07. The van der Waals surface area contributed by atoms with Crippen molar-refractivity contribution in [3.05, 3.63) is 29.8 Å². The molecule has 0 heterocycles. The molecule has 0 saturated heterocycles. The van der Waals surface area contributed by atoms with Gasteiger partial charge in [0.05, 0.1) is 19.0 Å². The Morgan fingerprint density at radius 2 is 2.06 bits per heavy atom. The highest BCUT2D eigenvalue weighted by Gasteiger charge is 2.22. The normalized spacial score (nSPS) is 13.8. The highest BCUT2D eigenvalue weighted by atomic mass is 16.2. The number of amides is 1. The lowest BCUT2D eigenvalue weighted by molar-refractivity contribution is -0.119. The molecule has 4 heteroatoms. The van der Waals surface area contributed by atoms with Crippen LogP contribution >= 0.6 is 0 Å². The van der Waals surface area contributed by atoms with E-state index in [1.165, 1.54) is 0 Å². The van der Waals surface area contributed by atoms with Crippen LogP contribution in [0.15, 0.2) is 24.3 Å². The first-order chi connectivity index (χ1) is 8.28. The summed E-state index contributed by atoms with van der Waals surface area (Å²) in [5.41, 5.74) is 1.89. The van der Waals surface area contributed by atoms with Crippen molar-refractivity contribution >= 4 is 11.6 Å². The van der Waals surface area contributed by atoms with E-state index < -0.39 is 0 Å². The van der Waals surface area contributed by atoms with Gasteiger partial charge in [-0.05, 0) is 30.5 Å². The zero-order chi connectivity index (χ0) is 12.1. The number of hydrogen-bond acceptors (Lipinski definition) is 3. The SMILES string of the molecule is N#CCc1ccc(NCC(=O)NC2CC2)cc1. The van der Waals surface area contributed by atoms with Gasteiger partial charge in [0.25, 0.3) is 0 Å². The molecule has 0 atom stereocenters. The van der Waals surface area contributed by atoms with Crippen LogP contribution in [0.2, 0.25) is 0 Å². The first-order valence-corrected chi connectivity index (χ1v) is 5.77. The van der Waals surface area contributed by atoms with E-state index in [1.54, 1.807) is 0 Å². The summed E-state index contributed by atoms with van der Waals surface area (Å²) < 4.78 is 0. The van der Waals surface area contributed by atoms with Gasteiger partial charge in [-0.25, -0.2) is 0 Å². The van der Waals surface area contributed by atoms with E-state index in [4.69, 9.17) is 5.26 Å². The van der Waals surface area contributed by atoms with Crippen LogP contribution in [-0.4, -0.2) is 18.5 Å². The highest BCUT2D eigenvalue weighted by molar-refractivity contribution is 5.81. The molecule has 0 radical (unpaired) electrons. The lowest BCUT2D eigenvalue weighted by Crippen LogP contribution is -2.31. The average Bonchev–Trinajstić information content (AvgIpc) is 3.12. The molecule has 0 spiro atoms. The third-order valence-electron chi connectivity index (χ3n) is 2.63. The number of carbonyl (C=O) groups excluding carboxylic acids is 1. The lowest BCUT2D eigenvalue weighted by atomic mass is 10.1. The monoisotopic (exact) mass is 229 g/mol. The summed E-state index contributed by atoms with van der Waals surface area (Å²) in [6, 6.07) is 10.1. The van der Waals surface area contributed by atoms with E-state index in [9.17, 15) is 4.79 Å². The van der Waals surface area contributed by atoms with Crippen LogP contribution in [0.1, 0.15) is 18.4 Å². The Morgan fingerprint density at radius 3 is 2.65 bits per heavy atom. The molecule has 1 aromatic carbocycles. The largest absolute Gasteiger partial charge is 0.376 e. The fourth-order valence-electron chi connectivity index (χ4n) is 1.52. The summed E-state index contributed by atoms with van der Waals surface area (Å²) >= 11 is 0. The molecule has 2 N–H and O–H groups in total. The van der Waals surface area contributed by atoms with E-state index in [-0.39, 0.29) is 5.91 Å². The van der Waals surface area contributed by atoms with Gasteiger partial charge < -0.3 is 10.6 Å². The summed E-state index contributed by atoms with van der Waals surface area (Å²) in [7, 11) is 0. The van der Waals surface area contributed by atoms with Crippen LogP contribution in [0.4, 0.5) is 5.69 Å². The molecule has 1 aliphatic rings. The van der Waals surface area contributed by atoms with Gasteiger partial charge in [0, 0.05) is 11.7 Å². The van der Waals surface area contributed by atoms with Gasteiger partial charge >= 0.3 is 0 Å². The van der Waals surface area contributed by atoms with Gasteiger partial charge in [-0.3, -0.25) is 4.79 Å². The van der Waals surface area contributed by atoms with E-state index in [0.717, 1.165) is 24.1 Å². The second-order valence-corrected chi connectivity index (χ2v) is 4.23. The third-order valence-corrected chi connectivity index (χ3v) is 2.63. The number of rotatable bonds is 5. The zero-order valence-electron chi connectivity index (χ0n) is 9.57. The van der Waals surface area contributed by atoms with E-state index in [0.29, 0.717) is 19.0 Å². The molecule has 0 bridgehead atoms. The maximum Gasteiger partial charge on any atom is 0.239 e. The number of anilines is 1. The van der Waals surface area contributed by atoms with Crippen molar-refractivity contribution in [2.45, 2.75) is 25.3 Å². The Morgan fingerprint density at radius 1 is 1.35 bits per heavy atom. The molecular formula is C13H15N3O. The Bertz CT molecular complexity index is 429. The molecule has 4 nitrogen and oxygen atoms in total. The molecule has 1 amide bonds. The number of nitrogens with zero attached hydrogens (tertiary/aromatic N) is 1. The molecule has 1 aliphatic carbocycles. The van der Waals surface area contributed by atoms with Gasteiger partial charge in [-0.15, -0.1) is 0 Å². The quantitative estimate of drug-likeness (QED) is 0.803. The van der Waals surface area contributed by atoms with Gasteiger partial charge in [0.1, 0.15) is 0 Å². The molecule has 0 unspecified atom stereocenters. The Balaban J connectivity index is 1.78. The van der Waals surface area contributed by atoms with Crippen molar-refractivity contribution in [1.82, 2.24) is 5.32 Å². The second-order valence-electron chi connectivity index (χ2n) is 4.23. The molecule has 2 rings (SSSR count). The maximum absolute atomic E-state index is 11.4. The van der Waals surface area contributed by atoms with Crippen LogP contribution in [-0.2, 0) is 11.2 Å². The Kier molecular flexibility index (Phi) is 3.61. The molecule has 1 aromatic rings. The predicted molar refractivity (Wildman–Crippen MR) is 65.4 cm³/mol. The molecule has 88 valence electrons. The van der Waals surface area contributed by atoms with E-state index in [1.807, 2.05) is 24.3 Å². The maximum atomic E-state index is 11.4. The van der Waals surface area contributed by atoms with Crippen molar-refractivity contribution in [3.8, 4) is 6.07 Å². The number of carbonyl (C=O) groups is 1. The fraction of sp³-hybridized carbons (Fsp3) is 0.385. The van der Waals surface area contributed by atoms with Crippen LogP contribution in [0.25, 0.3) is 0 Å². The van der Waals surface area contributed by atoms with Crippen molar-refractivity contribution in [1.29, 1.82) is 5.26 Å². The minimum Gasteiger partial charge on any atom is -0.376 e. The predicted octanol–water partition coefficient (Wildman–Crippen LogP) is 1.44. The molecule has 0 aromatic heterocycles. The minimum absolute atomic E-state index is 0.0357. The molecule has 1 saturated carbocycles. The fourth-order valence-corrected chi connectivity index (χ4v) is 1.52. The van der Waals surface area contributed by atoms with Crippen LogP contribution in [0, 0.1) is 11.3 Å². The first kappa shape index (κ1) is 11.5. The van der Waals surface area contributed by atoms with Gasteiger partial charge in [0.2, 0.25) is 5.91 Å². The molecule has 17 heavy (non-hydrogen) atoms. The second kappa shape index (κ2) is 5.35. The Hall–Kier alpha value is -2.02. The number of nitrogens with one attached hydrogen (secondary N) is 2. The first-order valence-electron chi connectivity index (χ1n) is 5.77. The van der Waals surface area contributed by atoms with Crippen molar-refractivity contribution in [2.75, 3.05) is 11.9 Å². The molecule has 1 fully saturated rings. The smallest absolute Gasteiger partial charge is 0.239 e. The van der Waals surface area contributed by atoms with E-state index in [2.05, 4.69) is 16.7 Å². The standard InChI is InChI=1S/C13H15N3O/c14-8-7-10-1-3-11(4-2-10)15-9-13(17)16-12-5-6-12/h1-4,12,15H,5-7,9H2,(H,16,17). The van der Waals surface area contributed by atoms with Crippen LogP contribution < -0.4 is 10.6 Å². The Labute approximate surface area is 101 Å². The minimum atomic E-state index is 0.0357. The number of nitriles is 1. The summed E-state index contributed by atoms with van der Waals surface area (Å²) in [5.74, 6) is 0.0357.